The summed E-state index contributed by atoms with van der Waals surface area (Å²) in [6, 6.07) is 16.3. The molecule has 0 spiro atoms. The van der Waals surface area contributed by atoms with Crippen molar-refractivity contribution in [3.8, 4) is 0 Å². The second-order valence-electron chi connectivity index (χ2n) is 7.21. The van der Waals surface area contributed by atoms with Crippen molar-refractivity contribution in [2.75, 3.05) is 7.05 Å². The molecule has 28 heavy (non-hydrogen) atoms. The molecule has 4 nitrogen and oxygen atoms in total. The van der Waals surface area contributed by atoms with E-state index < -0.39 is 0 Å². The largest absolute Gasteiger partial charge is 0.341 e. The van der Waals surface area contributed by atoms with Gasteiger partial charge in [-0.15, -0.1) is 0 Å². The summed E-state index contributed by atoms with van der Waals surface area (Å²) >= 11 is 0. The summed E-state index contributed by atoms with van der Waals surface area (Å²) in [5, 5.41) is 4.42. The molecule has 0 fully saturated rings. The lowest BCUT2D eigenvalue weighted by Crippen LogP contribution is -2.28. The Balaban J connectivity index is 1.84. The molecule has 0 aliphatic heterocycles. The fourth-order valence-electron chi connectivity index (χ4n) is 3.55. The van der Waals surface area contributed by atoms with Gasteiger partial charge in [0.2, 0.25) is 5.91 Å². The van der Waals surface area contributed by atoms with Gasteiger partial charge in [0.05, 0.1) is 5.69 Å². The molecule has 0 aliphatic carbocycles. The van der Waals surface area contributed by atoms with Crippen LogP contribution in [0.25, 0.3) is 0 Å². The van der Waals surface area contributed by atoms with E-state index in [9.17, 15) is 9.18 Å². The van der Waals surface area contributed by atoms with Crippen LogP contribution in [0.2, 0.25) is 0 Å². The molecule has 2 aromatic carbocycles. The third-order valence-electron chi connectivity index (χ3n) is 5.34. The lowest BCUT2D eigenvalue weighted by atomic mass is 9.87. The van der Waals surface area contributed by atoms with Gasteiger partial charge in [0, 0.05) is 44.2 Å². The minimum absolute atomic E-state index is 0.0280. The van der Waals surface area contributed by atoms with E-state index in [4.69, 9.17) is 0 Å². The molecular formula is C23H26FN3O. The highest BCUT2D eigenvalue weighted by molar-refractivity contribution is 5.77. The molecule has 3 rings (SSSR count). The molecule has 146 valence electrons. The Morgan fingerprint density at radius 2 is 1.75 bits per heavy atom. The summed E-state index contributed by atoms with van der Waals surface area (Å²) in [5.41, 5.74) is 4.51. The van der Waals surface area contributed by atoms with E-state index in [0.29, 0.717) is 12.1 Å². The van der Waals surface area contributed by atoms with Gasteiger partial charge in [-0.25, -0.2) is 4.39 Å². The van der Waals surface area contributed by atoms with Crippen molar-refractivity contribution in [2.45, 2.75) is 32.7 Å². The predicted octanol–water partition coefficient (Wildman–Crippen LogP) is 4.36. The first-order chi connectivity index (χ1) is 13.4. The lowest BCUT2D eigenvalue weighted by molar-refractivity contribution is -0.130. The Morgan fingerprint density at radius 3 is 2.36 bits per heavy atom. The molecular weight excluding hydrogens is 353 g/mol. The highest BCUT2D eigenvalue weighted by atomic mass is 19.1. The zero-order valence-corrected chi connectivity index (χ0v) is 16.8. The number of rotatable bonds is 6. The van der Waals surface area contributed by atoms with Crippen LogP contribution in [0.1, 0.15) is 40.4 Å². The van der Waals surface area contributed by atoms with Gasteiger partial charge in [-0.05, 0) is 31.0 Å². The third kappa shape index (κ3) is 4.14. The third-order valence-corrected chi connectivity index (χ3v) is 5.34. The minimum Gasteiger partial charge on any atom is -0.341 e. The van der Waals surface area contributed by atoms with Gasteiger partial charge in [0.1, 0.15) is 5.82 Å². The van der Waals surface area contributed by atoms with Crippen molar-refractivity contribution in [3.63, 3.8) is 0 Å². The summed E-state index contributed by atoms with van der Waals surface area (Å²) in [4.78, 5) is 14.7. The highest BCUT2D eigenvalue weighted by Crippen LogP contribution is 2.30. The molecule has 0 bridgehead atoms. The molecule has 0 saturated carbocycles. The Hall–Kier alpha value is -2.95. The highest BCUT2D eigenvalue weighted by Gasteiger charge is 2.24. The number of nitrogens with zero attached hydrogens (tertiary/aromatic N) is 3. The maximum atomic E-state index is 14.5. The van der Waals surface area contributed by atoms with Gasteiger partial charge in [-0.1, -0.05) is 48.5 Å². The van der Waals surface area contributed by atoms with Crippen LogP contribution >= 0.6 is 0 Å². The van der Waals surface area contributed by atoms with E-state index in [1.54, 1.807) is 24.1 Å². The van der Waals surface area contributed by atoms with Crippen LogP contribution < -0.4 is 0 Å². The van der Waals surface area contributed by atoms with Crippen molar-refractivity contribution in [1.29, 1.82) is 0 Å². The Bertz CT molecular complexity index is 965. The van der Waals surface area contributed by atoms with Crippen LogP contribution in [-0.2, 0) is 18.4 Å². The van der Waals surface area contributed by atoms with Gasteiger partial charge in [-0.3, -0.25) is 9.48 Å². The van der Waals surface area contributed by atoms with Gasteiger partial charge in [0.25, 0.3) is 0 Å². The zero-order valence-electron chi connectivity index (χ0n) is 16.8. The molecule has 0 unspecified atom stereocenters. The monoisotopic (exact) mass is 379 g/mol. The standard InChI is InChI=1S/C23H26FN3O/c1-16-21(17(2)27(4)25-16)15-26(3)23(28)14-20(18-10-6-5-7-11-18)19-12-8-9-13-22(19)24/h5-13,20H,14-15H2,1-4H3/t20-/m1/s1. The number of hydrogen-bond donors (Lipinski definition) is 0. The summed E-state index contributed by atoms with van der Waals surface area (Å²) in [7, 11) is 3.69. The molecule has 1 amide bonds. The fourth-order valence-corrected chi connectivity index (χ4v) is 3.55. The minimum atomic E-state index is -0.326. The fraction of sp³-hybridized carbons (Fsp3) is 0.304. The smallest absolute Gasteiger partial charge is 0.223 e. The van der Waals surface area contributed by atoms with E-state index in [0.717, 1.165) is 22.5 Å². The number of carbonyl (C=O) groups excluding carboxylic acids is 1. The van der Waals surface area contributed by atoms with Crippen molar-refractivity contribution in [1.82, 2.24) is 14.7 Å². The Morgan fingerprint density at radius 1 is 1.11 bits per heavy atom. The van der Waals surface area contributed by atoms with Crippen LogP contribution in [-0.4, -0.2) is 27.6 Å². The van der Waals surface area contributed by atoms with E-state index >= 15 is 0 Å². The first kappa shape index (κ1) is 19.8. The quantitative estimate of drug-likeness (QED) is 0.638. The molecule has 5 heteroatoms. The number of hydrogen-bond acceptors (Lipinski definition) is 2. The zero-order chi connectivity index (χ0) is 20.3. The van der Waals surface area contributed by atoms with Crippen LogP contribution in [0.5, 0.6) is 0 Å². The van der Waals surface area contributed by atoms with Gasteiger partial charge in [-0.2, -0.15) is 5.10 Å². The number of benzene rings is 2. The van der Waals surface area contributed by atoms with Gasteiger partial charge >= 0.3 is 0 Å². The summed E-state index contributed by atoms with van der Waals surface area (Å²) in [6.45, 7) is 4.44. The van der Waals surface area contributed by atoms with Crippen molar-refractivity contribution in [3.05, 3.63) is 88.5 Å². The van der Waals surface area contributed by atoms with Crippen LogP contribution in [0.4, 0.5) is 4.39 Å². The van der Waals surface area contributed by atoms with Crippen LogP contribution in [0.3, 0.4) is 0 Å². The molecule has 0 aliphatic rings. The first-order valence-corrected chi connectivity index (χ1v) is 9.41. The molecule has 0 N–H and O–H groups in total. The predicted molar refractivity (Wildman–Crippen MR) is 108 cm³/mol. The van der Waals surface area contributed by atoms with Gasteiger partial charge in [0.15, 0.2) is 0 Å². The summed E-state index contributed by atoms with van der Waals surface area (Å²) < 4.78 is 16.3. The van der Waals surface area contributed by atoms with E-state index in [2.05, 4.69) is 5.10 Å². The molecule has 0 radical (unpaired) electrons. The van der Waals surface area contributed by atoms with Crippen LogP contribution in [0, 0.1) is 19.7 Å². The average molecular weight is 379 g/mol. The number of halogens is 1. The maximum Gasteiger partial charge on any atom is 0.223 e. The Labute approximate surface area is 165 Å². The van der Waals surface area contributed by atoms with Crippen molar-refractivity contribution < 1.29 is 9.18 Å². The summed E-state index contributed by atoms with van der Waals surface area (Å²) in [5.74, 6) is -0.640. The lowest BCUT2D eigenvalue weighted by Gasteiger charge is -2.23. The topological polar surface area (TPSA) is 38.1 Å². The van der Waals surface area contributed by atoms with E-state index in [1.807, 2.05) is 62.0 Å². The molecule has 3 aromatic rings. The number of aromatic nitrogens is 2. The second kappa shape index (κ2) is 8.38. The summed E-state index contributed by atoms with van der Waals surface area (Å²) in [6.07, 6.45) is 0.208. The average Bonchev–Trinajstić information content (AvgIpc) is 2.93. The molecule has 1 atom stereocenters. The van der Waals surface area contributed by atoms with Crippen molar-refractivity contribution >= 4 is 5.91 Å². The second-order valence-corrected chi connectivity index (χ2v) is 7.21. The number of aryl methyl sites for hydroxylation is 2. The number of carbonyl (C=O) groups is 1. The van der Waals surface area contributed by atoms with Crippen LogP contribution in [0.15, 0.2) is 54.6 Å². The van der Waals surface area contributed by atoms with Gasteiger partial charge < -0.3 is 4.90 Å². The Kier molecular flexibility index (Phi) is 5.93. The number of amides is 1. The SMILES string of the molecule is Cc1nn(C)c(C)c1CN(C)C(=O)C[C@H](c1ccccc1)c1ccccc1F. The molecule has 1 heterocycles. The van der Waals surface area contributed by atoms with Crippen molar-refractivity contribution in [2.24, 2.45) is 7.05 Å². The maximum absolute atomic E-state index is 14.5. The first-order valence-electron chi connectivity index (χ1n) is 9.41. The van der Waals surface area contributed by atoms with E-state index in [-0.39, 0.29) is 24.1 Å². The molecule has 1 aromatic heterocycles. The van der Waals surface area contributed by atoms with E-state index in [1.165, 1.54) is 6.07 Å². The molecule has 0 saturated heterocycles. The normalized spacial score (nSPS) is 12.0.